The molecular formula is C19H25N5O5. The third-order valence-corrected chi connectivity index (χ3v) is 4.12. The van der Waals surface area contributed by atoms with E-state index in [1.54, 1.807) is 27.5 Å². The van der Waals surface area contributed by atoms with E-state index in [9.17, 15) is 9.59 Å². The van der Waals surface area contributed by atoms with Crippen molar-refractivity contribution in [1.29, 1.82) is 0 Å². The summed E-state index contributed by atoms with van der Waals surface area (Å²) in [5.74, 6) is 1.95. The van der Waals surface area contributed by atoms with Gasteiger partial charge in [0.2, 0.25) is 23.5 Å². The third-order valence-electron chi connectivity index (χ3n) is 4.12. The monoisotopic (exact) mass is 403 g/mol. The number of imide groups is 1. The smallest absolute Gasteiger partial charge is 0.226 e. The van der Waals surface area contributed by atoms with E-state index in [0.29, 0.717) is 48.7 Å². The molecule has 1 aliphatic rings. The number of rotatable bonds is 5. The molecular weight excluding hydrogens is 378 g/mol. The summed E-state index contributed by atoms with van der Waals surface area (Å²) in [6.45, 7) is 0. The molecule has 0 bridgehead atoms. The molecule has 0 spiro atoms. The molecule has 156 valence electrons. The van der Waals surface area contributed by atoms with Gasteiger partial charge in [-0.05, 0) is 24.1 Å². The van der Waals surface area contributed by atoms with Crippen molar-refractivity contribution >= 4 is 23.6 Å². The van der Waals surface area contributed by atoms with Gasteiger partial charge in [-0.3, -0.25) is 14.9 Å². The van der Waals surface area contributed by atoms with Gasteiger partial charge in [0.15, 0.2) is 11.5 Å². The summed E-state index contributed by atoms with van der Waals surface area (Å²) < 4.78 is 15.9. The fraction of sp³-hybridized carbons (Fsp3) is 0.368. The number of carbonyl (C=O) groups is 2. The molecule has 5 N–H and O–H groups in total. The Kier molecular flexibility index (Phi) is 7.58. The number of aromatic nitrogens is 2. The summed E-state index contributed by atoms with van der Waals surface area (Å²) in [5, 5.41) is 2.20. The molecule has 0 unspecified atom stereocenters. The Labute approximate surface area is 168 Å². The Morgan fingerprint density at radius 3 is 2.00 bits per heavy atom. The molecule has 0 radical (unpaired) electrons. The first-order valence-electron chi connectivity index (χ1n) is 8.86. The van der Waals surface area contributed by atoms with Crippen LogP contribution in [0.2, 0.25) is 0 Å². The first-order chi connectivity index (χ1) is 13.9. The van der Waals surface area contributed by atoms with Gasteiger partial charge >= 0.3 is 0 Å². The summed E-state index contributed by atoms with van der Waals surface area (Å²) in [6, 6.07) is 3.72. The molecule has 2 amide bonds. The standard InChI is InChI=1S/C14H18N4O3.C5H7NO2/c1-19-10-5-8(6-11(20-2)12(10)21-3)4-9-7-17-14(16)18-13(9)15;7-4-2-1-3-5(8)6-4/h5-7H,4H2,1-3H3,(H4,15,16,17,18);1-3H2,(H,6,7,8). The minimum absolute atomic E-state index is 0.138. The number of hydrogen-bond acceptors (Lipinski definition) is 9. The van der Waals surface area contributed by atoms with Gasteiger partial charge in [-0.1, -0.05) is 0 Å². The van der Waals surface area contributed by atoms with Crippen LogP contribution >= 0.6 is 0 Å². The number of carbonyl (C=O) groups excluding carboxylic acids is 2. The Morgan fingerprint density at radius 2 is 1.59 bits per heavy atom. The zero-order valence-corrected chi connectivity index (χ0v) is 16.7. The van der Waals surface area contributed by atoms with Gasteiger partial charge in [-0.25, -0.2) is 4.98 Å². The Morgan fingerprint density at radius 1 is 1.00 bits per heavy atom. The predicted molar refractivity (Wildman–Crippen MR) is 107 cm³/mol. The summed E-state index contributed by atoms with van der Waals surface area (Å²) in [6.07, 6.45) is 3.87. The van der Waals surface area contributed by atoms with Crippen molar-refractivity contribution in [1.82, 2.24) is 15.3 Å². The van der Waals surface area contributed by atoms with Gasteiger partial charge in [0, 0.05) is 31.0 Å². The number of ether oxygens (including phenoxy) is 3. The van der Waals surface area contributed by atoms with E-state index in [-0.39, 0.29) is 17.8 Å². The van der Waals surface area contributed by atoms with Crippen LogP contribution in [-0.2, 0) is 16.0 Å². The predicted octanol–water partition coefficient (Wildman–Crippen LogP) is 1.07. The highest BCUT2D eigenvalue weighted by Gasteiger charge is 2.15. The van der Waals surface area contributed by atoms with Gasteiger partial charge in [0.25, 0.3) is 0 Å². The quantitative estimate of drug-likeness (QED) is 0.622. The molecule has 1 aromatic carbocycles. The normalized spacial score (nSPS) is 13.1. The summed E-state index contributed by atoms with van der Waals surface area (Å²) >= 11 is 0. The van der Waals surface area contributed by atoms with E-state index in [0.717, 1.165) is 11.1 Å². The number of benzene rings is 1. The van der Waals surface area contributed by atoms with E-state index in [2.05, 4.69) is 15.3 Å². The van der Waals surface area contributed by atoms with Crippen LogP contribution in [0.15, 0.2) is 18.3 Å². The maximum absolute atomic E-state index is 10.3. The zero-order valence-electron chi connectivity index (χ0n) is 16.7. The van der Waals surface area contributed by atoms with Crippen molar-refractivity contribution in [2.45, 2.75) is 25.7 Å². The highest BCUT2D eigenvalue weighted by molar-refractivity contribution is 5.97. The number of piperidine rings is 1. The van der Waals surface area contributed by atoms with Crippen LogP contribution < -0.4 is 31.0 Å². The molecule has 0 saturated carbocycles. The Bertz CT molecular complexity index is 848. The molecule has 0 aliphatic carbocycles. The molecule has 10 heteroatoms. The Hall–Kier alpha value is -3.56. The van der Waals surface area contributed by atoms with Crippen molar-refractivity contribution < 1.29 is 23.8 Å². The average Bonchev–Trinajstić information content (AvgIpc) is 2.69. The fourth-order valence-electron chi connectivity index (χ4n) is 2.72. The number of nitrogens with zero attached hydrogens (tertiary/aromatic N) is 2. The third kappa shape index (κ3) is 5.96. The van der Waals surface area contributed by atoms with Gasteiger partial charge in [-0.2, -0.15) is 4.98 Å². The van der Waals surface area contributed by atoms with Crippen LogP contribution in [-0.4, -0.2) is 43.1 Å². The zero-order chi connectivity index (χ0) is 21.4. The lowest BCUT2D eigenvalue weighted by Crippen LogP contribution is -2.33. The number of amides is 2. The van der Waals surface area contributed by atoms with Crippen LogP contribution in [0.5, 0.6) is 17.2 Å². The fourth-order valence-corrected chi connectivity index (χ4v) is 2.72. The molecule has 1 fully saturated rings. The molecule has 3 rings (SSSR count). The summed E-state index contributed by atoms with van der Waals surface area (Å²) in [4.78, 5) is 28.6. The van der Waals surface area contributed by atoms with E-state index < -0.39 is 0 Å². The van der Waals surface area contributed by atoms with E-state index in [4.69, 9.17) is 25.7 Å². The lowest BCUT2D eigenvalue weighted by atomic mass is 10.1. The van der Waals surface area contributed by atoms with Crippen molar-refractivity contribution in [3.8, 4) is 17.2 Å². The molecule has 1 saturated heterocycles. The van der Waals surface area contributed by atoms with Gasteiger partial charge in [-0.15, -0.1) is 0 Å². The van der Waals surface area contributed by atoms with Crippen molar-refractivity contribution in [3.05, 3.63) is 29.5 Å². The molecule has 2 aromatic rings. The van der Waals surface area contributed by atoms with Crippen LogP contribution in [0.25, 0.3) is 0 Å². The first-order valence-corrected chi connectivity index (χ1v) is 8.86. The average molecular weight is 403 g/mol. The molecule has 29 heavy (non-hydrogen) atoms. The summed E-state index contributed by atoms with van der Waals surface area (Å²) in [5.41, 5.74) is 13.1. The van der Waals surface area contributed by atoms with Crippen LogP contribution in [0.4, 0.5) is 11.8 Å². The lowest BCUT2D eigenvalue weighted by Gasteiger charge is -2.14. The summed E-state index contributed by atoms with van der Waals surface area (Å²) in [7, 11) is 4.70. The molecule has 1 aliphatic heterocycles. The lowest BCUT2D eigenvalue weighted by molar-refractivity contribution is -0.132. The van der Waals surface area contributed by atoms with Crippen molar-refractivity contribution in [3.63, 3.8) is 0 Å². The van der Waals surface area contributed by atoms with Crippen LogP contribution in [0.1, 0.15) is 30.4 Å². The van der Waals surface area contributed by atoms with Crippen LogP contribution in [0.3, 0.4) is 0 Å². The maximum Gasteiger partial charge on any atom is 0.226 e. The highest BCUT2D eigenvalue weighted by Crippen LogP contribution is 2.38. The SMILES string of the molecule is COc1cc(Cc2cnc(N)nc2N)cc(OC)c1OC.O=C1CCCC(=O)N1. The Balaban J connectivity index is 0.000000313. The second-order valence-electron chi connectivity index (χ2n) is 6.17. The number of hydrogen-bond donors (Lipinski definition) is 3. The molecule has 0 atom stereocenters. The van der Waals surface area contributed by atoms with Gasteiger partial charge in [0.05, 0.1) is 21.3 Å². The number of nitrogen functional groups attached to an aromatic ring is 2. The minimum Gasteiger partial charge on any atom is -0.493 e. The molecule has 10 nitrogen and oxygen atoms in total. The molecule has 2 heterocycles. The van der Waals surface area contributed by atoms with Crippen LogP contribution in [0, 0.1) is 0 Å². The van der Waals surface area contributed by atoms with E-state index in [1.165, 1.54) is 0 Å². The number of anilines is 2. The molecule has 1 aromatic heterocycles. The van der Waals surface area contributed by atoms with Gasteiger partial charge < -0.3 is 25.7 Å². The largest absolute Gasteiger partial charge is 0.493 e. The van der Waals surface area contributed by atoms with Gasteiger partial charge in [0.1, 0.15) is 5.82 Å². The maximum atomic E-state index is 10.3. The second kappa shape index (κ2) is 10.1. The number of methoxy groups -OCH3 is 3. The first kappa shape index (κ1) is 21.7. The van der Waals surface area contributed by atoms with E-state index in [1.807, 2.05) is 12.1 Å². The highest BCUT2D eigenvalue weighted by atomic mass is 16.5. The number of nitrogens with two attached hydrogens (primary N) is 2. The second-order valence-corrected chi connectivity index (χ2v) is 6.17. The van der Waals surface area contributed by atoms with E-state index >= 15 is 0 Å². The van der Waals surface area contributed by atoms with Crippen molar-refractivity contribution in [2.24, 2.45) is 0 Å². The van der Waals surface area contributed by atoms with Crippen molar-refractivity contribution in [2.75, 3.05) is 32.8 Å². The topological polar surface area (TPSA) is 152 Å². The minimum atomic E-state index is -0.138. The number of nitrogens with one attached hydrogen (secondary N) is 1.